The molecule has 2 amide bonds. The van der Waals surface area contributed by atoms with Gasteiger partial charge in [-0.2, -0.15) is 0 Å². The fourth-order valence-corrected chi connectivity index (χ4v) is 3.30. The number of nitrogens with zero attached hydrogens (tertiary/aromatic N) is 2. The predicted molar refractivity (Wildman–Crippen MR) is 103 cm³/mol. The molecule has 26 heavy (non-hydrogen) atoms. The maximum absolute atomic E-state index is 12.7. The molecule has 1 unspecified atom stereocenters. The Morgan fingerprint density at radius 2 is 2.00 bits per heavy atom. The van der Waals surface area contributed by atoms with Crippen LogP contribution in [0.1, 0.15) is 46.3 Å². The molecule has 0 saturated carbocycles. The number of halogens is 1. The number of aryl methyl sites for hydroxylation is 1. The van der Waals surface area contributed by atoms with Crippen LogP contribution < -0.4 is 5.32 Å². The van der Waals surface area contributed by atoms with Gasteiger partial charge in [0.1, 0.15) is 11.4 Å². The summed E-state index contributed by atoms with van der Waals surface area (Å²) in [5.41, 5.74) is 2.04. The van der Waals surface area contributed by atoms with Crippen LogP contribution >= 0.6 is 11.6 Å². The van der Waals surface area contributed by atoms with Crippen molar-refractivity contribution >= 4 is 29.1 Å². The molecule has 6 heteroatoms. The van der Waals surface area contributed by atoms with Crippen molar-refractivity contribution in [1.29, 1.82) is 0 Å². The highest BCUT2D eigenvalue weighted by Gasteiger charge is 2.23. The van der Waals surface area contributed by atoms with Gasteiger partial charge < -0.3 is 10.2 Å². The molecule has 0 bridgehead atoms. The van der Waals surface area contributed by atoms with Crippen LogP contribution in [-0.2, 0) is 0 Å². The quantitative estimate of drug-likeness (QED) is 0.880. The summed E-state index contributed by atoms with van der Waals surface area (Å²) >= 11 is 5.99. The van der Waals surface area contributed by atoms with Crippen LogP contribution in [0.3, 0.4) is 0 Å². The van der Waals surface area contributed by atoms with E-state index in [2.05, 4.69) is 17.2 Å². The lowest BCUT2D eigenvalue weighted by atomic mass is 10.00. The van der Waals surface area contributed by atoms with Crippen molar-refractivity contribution in [2.75, 3.05) is 18.4 Å². The number of hydrogen-bond donors (Lipinski definition) is 1. The minimum atomic E-state index is -0.364. The molecule has 1 atom stereocenters. The van der Waals surface area contributed by atoms with E-state index in [1.807, 2.05) is 17.9 Å². The molecule has 0 aliphatic carbocycles. The van der Waals surface area contributed by atoms with Gasteiger partial charge in [0.05, 0.1) is 0 Å². The zero-order valence-corrected chi connectivity index (χ0v) is 15.7. The number of nitrogens with one attached hydrogen (secondary N) is 1. The summed E-state index contributed by atoms with van der Waals surface area (Å²) in [5.74, 6) is 0.00662. The number of aromatic nitrogens is 1. The van der Waals surface area contributed by atoms with Crippen LogP contribution in [-0.4, -0.2) is 34.8 Å². The Balaban J connectivity index is 1.77. The van der Waals surface area contributed by atoms with E-state index in [9.17, 15) is 9.59 Å². The third kappa shape index (κ3) is 4.22. The number of carbonyl (C=O) groups excluding carboxylic acids is 2. The van der Waals surface area contributed by atoms with E-state index in [0.29, 0.717) is 22.3 Å². The number of pyridine rings is 1. The van der Waals surface area contributed by atoms with Crippen molar-refractivity contribution in [3.8, 4) is 0 Å². The van der Waals surface area contributed by atoms with Gasteiger partial charge in [-0.1, -0.05) is 30.7 Å². The van der Waals surface area contributed by atoms with Gasteiger partial charge in [0.25, 0.3) is 11.8 Å². The zero-order valence-electron chi connectivity index (χ0n) is 15.0. The SMILES string of the molecule is Cc1ccc(Cl)cc1NC(=O)c1cccc(C(=O)N2CCCC(C)C2)n1. The van der Waals surface area contributed by atoms with Gasteiger partial charge in [0.2, 0.25) is 0 Å². The Morgan fingerprint density at radius 3 is 2.77 bits per heavy atom. The number of anilines is 1. The third-order valence-electron chi connectivity index (χ3n) is 4.59. The number of amides is 2. The first-order valence-electron chi connectivity index (χ1n) is 8.78. The summed E-state index contributed by atoms with van der Waals surface area (Å²) in [6, 6.07) is 10.2. The van der Waals surface area contributed by atoms with Crippen molar-refractivity contribution in [2.24, 2.45) is 5.92 Å². The standard InChI is InChI=1S/C20H22ClN3O2/c1-13-5-4-10-24(12-13)20(26)17-7-3-6-16(22-17)19(25)23-18-11-15(21)9-8-14(18)2/h3,6-9,11,13H,4-5,10,12H2,1-2H3,(H,23,25). The van der Waals surface area contributed by atoms with Crippen molar-refractivity contribution in [3.05, 3.63) is 58.4 Å². The van der Waals surface area contributed by atoms with Crippen LogP contribution in [0.5, 0.6) is 0 Å². The van der Waals surface area contributed by atoms with Crippen LogP contribution in [0.15, 0.2) is 36.4 Å². The summed E-state index contributed by atoms with van der Waals surface area (Å²) in [5, 5.41) is 3.35. The fourth-order valence-electron chi connectivity index (χ4n) is 3.13. The van der Waals surface area contributed by atoms with Gasteiger partial charge in [-0.15, -0.1) is 0 Å². The van der Waals surface area contributed by atoms with E-state index in [-0.39, 0.29) is 17.5 Å². The molecule has 5 nitrogen and oxygen atoms in total. The molecule has 1 aliphatic rings. The number of rotatable bonds is 3. The highest BCUT2D eigenvalue weighted by Crippen LogP contribution is 2.21. The molecule has 1 saturated heterocycles. The number of piperidine rings is 1. The van der Waals surface area contributed by atoms with E-state index in [4.69, 9.17) is 11.6 Å². The summed E-state index contributed by atoms with van der Waals surface area (Å²) in [6.45, 7) is 5.50. The molecule has 1 aromatic carbocycles. The van der Waals surface area contributed by atoms with Crippen molar-refractivity contribution in [1.82, 2.24) is 9.88 Å². The molecular formula is C20H22ClN3O2. The maximum atomic E-state index is 12.7. The van der Waals surface area contributed by atoms with E-state index in [1.165, 1.54) is 0 Å². The largest absolute Gasteiger partial charge is 0.337 e. The molecular weight excluding hydrogens is 350 g/mol. The lowest BCUT2D eigenvalue weighted by Gasteiger charge is -2.30. The Labute approximate surface area is 158 Å². The molecule has 0 spiro atoms. The number of hydrogen-bond acceptors (Lipinski definition) is 3. The third-order valence-corrected chi connectivity index (χ3v) is 4.83. The van der Waals surface area contributed by atoms with Gasteiger partial charge in [0.15, 0.2) is 0 Å². The Morgan fingerprint density at radius 1 is 1.23 bits per heavy atom. The molecule has 1 aliphatic heterocycles. The predicted octanol–water partition coefficient (Wildman–Crippen LogP) is 4.17. The topological polar surface area (TPSA) is 62.3 Å². The van der Waals surface area contributed by atoms with Gasteiger partial charge in [-0.3, -0.25) is 9.59 Å². The van der Waals surface area contributed by atoms with Crippen LogP contribution in [0.25, 0.3) is 0 Å². The highest BCUT2D eigenvalue weighted by molar-refractivity contribution is 6.31. The van der Waals surface area contributed by atoms with E-state index >= 15 is 0 Å². The average Bonchev–Trinajstić information content (AvgIpc) is 2.64. The van der Waals surface area contributed by atoms with E-state index in [1.54, 1.807) is 30.3 Å². The smallest absolute Gasteiger partial charge is 0.274 e. The van der Waals surface area contributed by atoms with Crippen molar-refractivity contribution < 1.29 is 9.59 Å². The highest BCUT2D eigenvalue weighted by atomic mass is 35.5. The summed E-state index contributed by atoms with van der Waals surface area (Å²) in [7, 11) is 0. The van der Waals surface area contributed by atoms with Crippen LogP contribution in [0.2, 0.25) is 5.02 Å². The monoisotopic (exact) mass is 371 g/mol. The first kappa shape index (κ1) is 18.4. The molecule has 2 heterocycles. The normalized spacial score (nSPS) is 17.0. The molecule has 0 radical (unpaired) electrons. The second-order valence-corrected chi connectivity index (χ2v) is 7.26. The molecule has 3 rings (SSSR count). The van der Waals surface area contributed by atoms with E-state index < -0.39 is 0 Å². The fraction of sp³-hybridized carbons (Fsp3) is 0.350. The Bertz CT molecular complexity index is 838. The minimum absolute atomic E-state index is 0.120. The van der Waals surface area contributed by atoms with Crippen LogP contribution in [0.4, 0.5) is 5.69 Å². The maximum Gasteiger partial charge on any atom is 0.274 e. The summed E-state index contributed by atoms with van der Waals surface area (Å²) < 4.78 is 0. The summed E-state index contributed by atoms with van der Waals surface area (Å²) in [6.07, 6.45) is 2.14. The molecule has 2 aromatic rings. The van der Waals surface area contributed by atoms with Crippen molar-refractivity contribution in [2.45, 2.75) is 26.7 Å². The first-order chi connectivity index (χ1) is 12.4. The molecule has 1 N–H and O–H groups in total. The molecule has 1 fully saturated rings. The van der Waals surface area contributed by atoms with Gasteiger partial charge in [-0.25, -0.2) is 4.98 Å². The van der Waals surface area contributed by atoms with Gasteiger partial charge >= 0.3 is 0 Å². The Kier molecular flexibility index (Phi) is 5.57. The van der Waals surface area contributed by atoms with E-state index in [0.717, 1.165) is 31.5 Å². The number of carbonyl (C=O) groups is 2. The zero-order chi connectivity index (χ0) is 18.7. The number of benzene rings is 1. The number of likely N-dealkylation sites (tertiary alicyclic amines) is 1. The van der Waals surface area contributed by atoms with Gasteiger partial charge in [0, 0.05) is 23.8 Å². The lowest BCUT2D eigenvalue weighted by Crippen LogP contribution is -2.39. The first-order valence-corrected chi connectivity index (χ1v) is 9.15. The van der Waals surface area contributed by atoms with Crippen molar-refractivity contribution in [3.63, 3.8) is 0 Å². The summed E-state index contributed by atoms with van der Waals surface area (Å²) in [4.78, 5) is 31.3. The minimum Gasteiger partial charge on any atom is -0.337 e. The Hall–Kier alpha value is -2.40. The van der Waals surface area contributed by atoms with Crippen LogP contribution in [0, 0.1) is 12.8 Å². The molecule has 1 aromatic heterocycles. The lowest BCUT2D eigenvalue weighted by molar-refractivity contribution is 0.0677. The molecule has 136 valence electrons. The second-order valence-electron chi connectivity index (χ2n) is 6.82. The second kappa shape index (κ2) is 7.87. The average molecular weight is 372 g/mol. The van der Waals surface area contributed by atoms with Gasteiger partial charge in [-0.05, 0) is 55.5 Å².